The van der Waals surface area contributed by atoms with Crippen LogP contribution in [0.1, 0.15) is 22.7 Å². The molecule has 1 N–H and O–H groups in total. The summed E-state index contributed by atoms with van der Waals surface area (Å²) in [6.45, 7) is 0.486. The fraction of sp³-hybridized carbons (Fsp3) is 0.143. The summed E-state index contributed by atoms with van der Waals surface area (Å²) in [5, 5.41) is 13.0. The first-order valence-corrected chi connectivity index (χ1v) is 8.80. The fourth-order valence-electron chi connectivity index (χ4n) is 2.51. The highest BCUT2D eigenvalue weighted by atomic mass is 35.5. The minimum Gasteiger partial charge on any atom is -0.493 e. The Morgan fingerprint density at radius 3 is 2.54 bits per heavy atom. The molecule has 7 heteroatoms. The van der Waals surface area contributed by atoms with Crippen molar-refractivity contribution in [2.24, 2.45) is 0 Å². The van der Waals surface area contributed by atoms with Gasteiger partial charge in [0, 0.05) is 17.6 Å². The van der Waals surface area contributed by atoms with Gasteiger partial charge in [0.1, 0.15) is 6.07 Å². The van der Waals surface area contributed by atoms with Crippen molar-refractivity contribution in [1.29, 1.82) is 5.26 Å². The van der Waals surface area contributed by atoms with E-state index < -0.39 is 0 Å². The lowest BCUT2D eigenvalue weighted by molar-refractivity contribution is 0.355. The molecular weight excluding hydrogens is 378 g/mol. The molecule has 6 nitrogen and oxygen atoms in total. The monoisotopic (exact) mass is 395 g/mol. The van der Waals surface area contributed by atoms with Crippen LogP contribution < -0.4 is 14.8 Å². The molecule has 28 heavy (non-hydrogen) atoms. The summed E-state index contributed by atoms with van der Waals surface area (Å²) in [5.74, 6) is 1.92. The summed E-state index contributed by atoms with van der Waals surface area (Å²) in [7, 11) is 3.17. The predicted octanol–water partition coefficient (Wildman–Crippen LogP) is 5.00. The molecule has 2 aromatic carbocycles. The summed E-state index contributed by atoms with van der Waals surface area (Å²) >= 11 is 5.89. The molecule has 0 amide bonds. The predicted molar refractivity (Wildman–Crippen MR) is 108 cm³/mol. The van der Waals surface area contributed by atoms with Crippen LogP contribution in [-0.4, -0.2) is 19.2 Å². The van der Waals surface area contributed by atoms with E-state index in [0.29, 0.717) is 34.8 Å². The Morgan fingerprint density at radius 1 is 1.11 bits per heavy atom. The number of hydrogen-bond donors (Lipinski definition) is 1. The molecule has 0 saturated carbocycles. The summed E-state index contributed by atoms with van der Waals surface area (Å²) in [4.78, 5) is 4.19. The molecule has 0 aliphatic carbocycles. The van der Waals surface area contributed by atoms with Crippen molar-refractivity contribution in [3.8, 4) is 17.6 Å². The largest absolute Gasteiger partial charge is 0.493 e. The van der Waals surface area contributed by atoms with E-state index in [4.69, 9.17) is 25.5 Å². The van der Waals surface area contributed by atoms with Gasteiger partial charge in [0.2, 0.25) is 17.5 Å². The average molecular weight is 396 g/mol. The number of nitrogens with one attached hydrogen (secondary N) is 1. The molecule has 0 fully saturated rings. The Labute approximate surface area is 168 Å². The number of hydrogen-bond acceptors (Lipinski definition) is 6. The van der Waals surface area contributed by atoms with E-state index in [0.717, 1.165) is 11.1 Å². The number of nitriles is 1. The Bertz CT molecular complexity index is 1020. The lowest BCUT2D eigenvalue weighted by atomic mass is 10.2. The van der Waals surface area contributed by atoms with Crippen molar-refractivity contribution < 1.29 is 13.9 Å². The third kappa shape index (κ3) is 4.64. The smallest absolute Gasteiger partial charge is 0.232 e. The van der Waals surface area contributed by atoms with Gasteiger partial charge in [-0.15, -0.1) is 0 Å². The molecule has 142 valence electrons. The van der Waals surface area contributed by atoms with Crippen LogP contribution >= 0.6 is 11.6 Å². The Kier molecular flexibility index (Phi) is 6.20. The molecule has 3 rings (SSSR count). The molecule has 0 spiro atoms. The molecular formula is C21H18ClN3O3. The van der Waals surface area contributed by atoms with Gasteiger partial charge in [0.05, 0.1) is 14.2 Å². The number of halogens is 1. The van der Waals surface area contributed by atoms with Gasteiger partial charge in [-0.05, 0) is 41.5 Å². The zero-order valence-corrected chi connectivity index (χ0v) is 16.2. The van der Waals surface area contributed by atoms with Crippen molar-refractivity contribution in [1.82, 2.24) is 4.98 Å². The number of ether oxygens (including phenoxy) is 2. The zero-order chi connectivity index (χ0) is 19.9. The number of aromatic nitrogens is 1. The van der Waals surface area contributed by atoms with E-state index in [-0.39, 0.29) is 5.69 Å². The molecule has 3 aromatic rings. The molecule has 0 atom stereocenters. The van der Waals surface area contributed by atoms with Crippen LogP contribution in [0.25, 0.3) is 12.2 Å². The lowest BCUT2D eigenvalue weighted by Gasteiger charge is -2.07. The minimum absolute atomic E-state index is 0.195. The first kappa shape index (κ1) is 19.3. The van der Waals surface area contributed by atoms with Crippen molar-refractivity contribution in [2.75, 3.05) is 19.5 Å². The minimum atomic E-state index is 0.195. The number of oxazole rings is 1. The molecule has 0 radical (unpaired) electrons. The normalized spacial score (nSPS) is 10.6. The quantitative estimate of drug-likeness (QED) is 0.606. The first-order chi connectivity index (χ1) is 13.6. The van der Waals surface area contributed by atoms with Crippen LogP contribution in [0, 0.1) is 11.3 Å². The van der Waals surface area contributed by atoms with E-state index in [9.17, 15) is 5.26 Å². The zero-order valence-electron chi connectivity index (χ0n) is 15.4. The number of nitrogens with zero attached hydrogens (tertiary/aromatic N) is 2. The number of anilines is 1. The fourth-order valence-corrected chi connectivity index (χ4v) is 2.64. The molecule has 0 aliphatic heterocycles. The van der Waals surface area contributed by atoms with Crippen LogP contribution in [0.2, 0.25) is 5.02 Å². The standard InChI is InChI=1S/C21H18ClN3O3/c1-26-18-9-5-14(11-19(18)27-2)6-10-20-25-17(12-23)21(28-20)24-13-15-3-7-16(22)8-4-15/h3-11,24H,13H2,1-2H3. The van der Waals surface area contributed by atoms with E-state index in [1.165, 1.54) is 0 Å². The maximum absolute atomic E-state index is 9.29. The van der Waals surface area contributed by atoms with Crippen LogP contribution in [0.5, 0.6) is 11.5 Å². The van der Waals surface area contributed by atoms with Crippen molar-refractivity contribution in [2.45, 2.75) is 6.54 Å². The molecule has 0 aliphatic rings. The second kappa shape index (κ2) is 8.98. The van der Waals surface area contributed by atoms with Crippen LogP contribution in [-0.2, 0) is 6.54 Å². The van der Waals surface area contributed by atoms with Gasteiger partial charge in [0.15, 0.2) is 11.5 Å². The van der Waals surface area contributed by atoms with E-state index >= 15 is 0 Å². The van der Waals surface area contributed by atoms with Gasteiger partial charge in [0.25, 0.3) is 0 Å². The highest BCUT2D eigenvalue weighted by Gasteiger charge is 2.11. The maximum atomic E-state index is 9.29. The third-order valence-electron chi connectivity index (χ3n) is 3.94. The van der Waals surface area contributed by atoms with Gasteiger partial charge < -0.3 is 19.2 Å². The Hall–Kier alpha value is -3.43. The lowest BCUT2D eigenvalue weighted by Crippen LogP contribution is -1.99. The highest BCUT2D eigenvalue weighted by Crippen LogP contribution is 2.28. The van der Waals surface area contributed by atoms with Crippen LogP contribution in [0.3, 0.4) is 0 Å². The first-order valence-electron chi connectivity index (χ1n) is 8.42. The topological polar surface area (TPSA) is 80.3 Å². The summed E-state index contributed by atoms with van der Waals surface area (Å²) in [5.41, 5.74) is 2.08. The summed E-state index contributed by atoms with van der Waals surface area (Å²) in [6, 6.07) is 15.0. The van der Waals surface area contributed by atoms with Crippen LogP contribution in [0.15, 0.2) is 46.9 Å². The molecule has 1 aromatic heterocycles. The summed E-state index contributed by atoms with van der Waals surface area (Å²) < 4.78 is 16.2. The maximum Gasteiger partial charge on any atom is 0.232 e. The van der Waals surface area contributed by atoms with E-state index in [1.807, 2.05) is 42.5 Å². The van der Waals surface area contributed by atoms with Crippen molar-refractivity contribution >= 4 is 29.6 Å². The second-order valence-corrected chi connectivity index (χ2v) is 6.21. The summed E-state index contributed by atoms with van der Waals surface area (Å²) in [6.07, 6.45) is 3.51. The Morgan fingerprint density at radius 2 is 1.86 bits per heavy atom. The second-order valence-electron chi connectivity index (χ2n) is 5.77. The molecule has 1 heterocycles. The number of rotatable bonds is 7. The number of benzene rings is 2. The van der Waals surface area contributed by atoms with E-state index in [1.54, 1.807) is 32.4 Å². The average Bonchev–Trinajstić information content (AvgIpc) is 3.13. The SMILES string of the molecule is COc1ccc(C=Cc2nc(C#N)c(NCc3ccc(Cl)cc3)o2)cc1OC. The van der Waals surface area contributed by atoms with E-state index in [2.05, 4.69) is 10.3 Å². The highest BCUT2D eigenvalue weighted by molar-refractivity contribution is 6.30. The van der Waals surface area contributed by atoms with Crippen LogP contribution in [0.4, 0.5) is 5.88 Å². The molecule has 0 saturated heterocycles. The van der Waals surface area contributed by atoms with Gasteiger partial charge in [-0.1, -0.05) is 29.8 Å². The third-order valence-corrected chi connectivity index (χ3v) is 4.19. The van der Waals surface area contributed by atoms with Gasteiger partial charge in [-0.3, -0.25) is 0 Å². The molecule has 0 unspecified atom stereocenters. The molecule has 0 bridgehead atoms. The van der Waals surface area contributed by atoms with Crippen molar-refractivity contribution in [3.63, 3.8) is 0 Å². The van der Waals surface area contributed by atoms with Crippen molar-refractivity contribution in [3.05, 3.63) is 70.2 Å². The Balaban J connectivity index is 1.74. The number of methoxy groups -OCH3 is 2. The van der Waals surface area contributed by atoms with Gasteiger partial charge in [-0.25, -0.2) is 0 Å². The van der Waals surface area contributed by atoms with Gasteiger partial charge in [-0.2, -0.15) is 10.2 Å². The van der Waals surface area contributed by atoms with Gasteiger partial charge >= 0.3 is 0 Å².